The summed E-state index contributed by atoms with van der Waals surface area (Å²) in [5.41, 5.74) is 8.04. The van der Waals surface area contributed by atoms with Crippen LogP contribution in [0.2, 0.25) is 0 Å². The van der Waals surface area contributed by atoms with Gasteiger partial charge in [-0.1, -0.05) is 30.8 Å². The average Bonchev–Trinajstić information content (AvgIpc) is 3.85. The molecule has 0 spiro atoms. The Morgan fingerprint density at radius 1 is 1.20 bits per heavy atom. The van der Waals surface area contributed by atoms with Gasteiger partial charge in [0.05, 0.1) is 45.5 Å². The Hall–Kier alpha value is -3.64. The van der Waals surface area contributed by atoms with Crippen molar-refractivity contribution in [3.63, 3.8) is 0 Å². The summed E-state index contributed by atoms with van der Waals surface area (Å²) >= 11 is 1.33. The van der Waals surface area contributed by atoms with Crippen LogP contribution in [0.5, 0.6) is 5.88 Å². The predicted octanol–water partition coefficient (Wildman–Crippen LogP) is 5.57. The van der Waals surface area contributed by atoms with Crippen LogP contribution in [-0.4, -0.2) is 31.4 Å². The van der Waals surface area contributed by atoms with Gasteiger partial charge in [-0.3, -0.25) is 10.3 Å². The van der Waals surface area contributed by atoms with Crippen LogP contribution in [0.1, 0.15) is 61.0 Å². The number of aromatic nitrogens is 4. The highest BCUT2D eigenvalue weighted by atomic mass is 32.2. The van der Waals surface area contributed by atoms with Gasteiger partial charge in [-0.05, 0) is 48.4 Å². The number of benzene rings is 1. The lowest BCUT2D eigenvalue weighted by atomic mass is 9.72. The minimum absolute atomic E-state index is 0.116. The molecule has 0 bridgehead atoms. The first-order valence-corrected chi connectivity index (χ1v) is 14.2. The number of allylic oxidation sites excluding steroid dienone is 1. The van der Waals surface area contributed by atoms with E-state index in [0.717, 1.165) is 0 Å². The number of rotatable bonds is 7. The fourth-order valence-electron chi connectivity index (χ4n) is 6.24. The van der Waals surface area contributed by atoms with E-state index in [1.807, 2.05) is 13.0 Å². The number of halogens is 3. The lowest BCUT2D eigenvalue weighted by Gasteiger charge is -2.35. The summed E-state index contributed by atoms with van der Waals surface area (Å²) in [5, 5.41) is 3.94. The third-order valence-electron chi connectivity index (χ3n) is 8.55. The SMILES string of the molecule is C[C@]1(c2cc(C3NC3c3nccc4nc(OCc5ncco5)cnc34)cc(F)c2F)CC/C=C(/N)S[C@]2(CF)CC21. The molecule has 5 atom stereocenters. The van der Waals surface area contributed by atoms with Crippen molar-refractivity contribution in [3.05, 3.63) is 88.5 Å². The zero-order valence-corrected chi connectivity index (χ0v) is 22.9. The number of ether oxygens (including phenoxy) is 1. The van der Waals surface area contributed by atoms with E-state index in [0.29, 0.717) is 58.4 Å². The number of nitrogens with zero attached hydrogens (tertiary/aromatic N) is 4. The molecule has 212 valence electrons. The Bertz CT molecular complexity index is 1670. The zero-order chi connectivity index (χ0) is 28.4. The van der Waals surface area contributed by atoms with Gasteiger partial charge in [-0.15, -0.1) is 0 Å². The molecule has 7 rings (SSSR count). The van der Waals surface area contributed by atoms with Gasteiger partial charge in [0, 0.05) is 11.6 Å². The molecule has 2 fully saturated rings. The van der Waals surface area contributed by atoms with Crippen LogP contribution < -0.4 is 15.8 Å². The van der Waals surface area contributed by atoms with Crippen molar-refractivity contribution in [1.82, 2.24) is 25.3 Å². The molecule has 1 saturated carbocycles. The number of alkyl halides is 1. The monoisotopic (exact) mass is 580 g/mol. The minimum Gasteiger partial charge on any atom is -0.467 e. The lowest BCUT2D eigenvalue weighted by Crippen LogP contribution is -2.33. The van der Waals surface area contributed by atoms with Crippen LogP contribution in [0.25, 0.3) is 11.0 Å². The van der Waals surface area contributed by atoms with Gasteiger partial charge in [0.2, 0.25) is 11.8 Å². The summed E-state index contributed by atoms with van der Waals surface area (Å²) in [6.45, 7) is 1.47. The van der Waals surface area contributed by atoms with Crippen LogP contribution in [-0.2, 0) is 12.0 Å². The fourth-order valence-corrected chi connectivity index (χ4v) is 7.62. The quantitative estimate of drug-likeness (QED) is 0.270. The third kappa shape index (κ3) is 4.53. The number of thioether (sulfide) groups is 1. The molecule has 41 heavy (non-hydrogen) atoms. The molecule has 5 heterocycles. The predicted molar refractivity (Wildman–Crippen MR) is 146 cm³/mol. The van der Waals surface area contributed by atoms with Crippen LogP contribution in [0.4, 0.5) is 13.2 Å². The molecule has 1 aromatic carbocycles. The summed E-state index contributed by atoms with van der Waals surface area (Å²) in [7, 11) is 0. The summed E-state index contributed by atoms with van der Waals surface area (Å²) < 4.78 is 55.0. The average molecular weight is 581 g/mol. The highest BCUT2D eigenvalue weighted by Crippen LogP contribution is 2.66. The highest BCUT2D eigenvalue weighted by molar-refractivity contribution is 8.04. The van der Waals surface area contributed by atoms with Gasteiger partial charge in [0.15, 0.2) is 18.2 Å². The highest BCUT2D eigenvalue weighted by Gasteiger charge is 2.64. The molecule has 3 N–H and O–H groups in total. The van der Waals surface area contributed by atoms with Crippen LogP contribution in [0.3, 0.4) is 0 Å². The van der Waals surface area contributed by atoms with Crippen molar-refractivity contribution in [1.29, 1.82) is 0 Å². The van der Waals surface area contributed by atoms with Gasteiger partial charge in [-0.25, -0.2) is 28.1 Å². The number of hydrogen-bond acceptors (Lipinski definition) is 9. The zero-order valence-electron chi connectivity index (χ0n) is 22.1. The van der Waals surface area contributed by atoms with Crippen molar-refractivity contribution in [3.8, 4) is 5.88 Å². The molecule has 3 aromatic heterocycles. The summed E-state index contributed by atoms with van der Waals surface area (Å²) in [4.78, 5) is 17.6. The summed E-state index contributed by atoms with van der Waals surface area (Å²) in [6.07, 6.45) is 9.71. The molecule has 3 aliphatic rings. The van der Waals surface area contributed by atoms with Gasteiger partial charge >= 0.3 is 0 Å². The van der Waals surface area contributed by atoms with E-state index < -0.39 is 28.5 Å². The molecular weight excluding hydrogens is 553 g/mol. The molecule has 0 amide bonds. The second kappa shape index (κ2) is 9.73. The van der Waals surface area contributed by atoms with E-state index in [2.05, 4.69) is 25.3 Å². The van der Waals surface area contributed by atoms with Crippen molar-refractivity contribution < 1.29 is 22.3 Å². The van der Waals surface area contributed by atoms with Crippen molar-refractivity contribution in [2.75, 3.05) is 6.67 Å². The number of nitrogens with one attached hydrogen (secondary N) is 1. The van der Waals surface area contributed by atoms with Crippen molar-refractivity contribution in [2.24, 2.45) is 11.7 Å². The van der Waals surface area contributed by atoms with E-state index in [1.165, 1.54) is 36.5 Å². The first-order valence-electron chi connectivity index (χ1n) is 13.4. The molecule has 12 heteroatoms. The van der Waals surface area contributed by atoms with E-state index >= 15 is 8.78 Å². The maximum Gasteiger partial charge on any atom is 0.233 e. The first kappa shape index (κ1) is 26.3. The first-order chi connectivity index (χ1) is 19.8. The van der Waals surface area contributed by atoms with Crippen LogP contribution in [0, 0.1) is 17.6 Å². The molecule has 0 radical (unpaired) electrons. The maximum absolute atomic E-state index is 15.5. The second-order valence-electron chi connectivity index (χ2n) is 11.1. The number of fused-ring (bicyclic) bond motifs is 2. The Kier molecular flexibility index (Phi) is 6.23. The summed E-state index contributed by atoms with van der Waals surface area (Å²) in [5.74, 6) is -1.21. The Labute approximate surface area is 238 Å². The Morgan fingerprint density at radius 2 is 2.07 bits per heavy atom. The van der Waals surface area contributed by atoms with E-state index in [-0.39, 0.29) is 30.2 Å². The molecule has 4 aromatic rings. The van der Waals surface area contributed by atoms with Crippen molar-refractivity contribution in [2.45, 2.75) is 55.0 Å². The normalized spacial score (nSPS) is 30.1. The smallest absolute Gasteiger partial charge is 0.233 e. The maximum atomic E-state index is 15.5. The van der Waals surface area contributed by atoms with Gasteiger partial charge < -0.3 is 14.9 Å². The molecule has 8 nitrogen and oxygen atoms in total. The number of oxazole rings is 1. The summed E-state index contributed by atoms with van der Waals surface area (Å²) in [6, 6.07) is 4.15. The minimum atomic E-state index is -0.916. The van der Waals surface area contributed by atoms with Gasteiger partial charge in [0.25, 0.3) is 0 Å². The van der Waals surface area contributed by atoms with E-state index in [1.54, 1.807) is 18.3 Å². The Morgan fingerprint density at radius 3 is 2.88 bits per heavy atom. The number of nitrogens with two attached hydrogens (primary N) is 1. The molecule has 3 unspecified atom stereocenters. The molecule has 2 aliphatic heterocycles. The second-order valence-corrected chi connectivity index (χ2v) is 12.6. The topological polar surface area (TPSA) is 122 Å². The lowest BCUT2D eigenvalue weighted by molar-refractivity contribution is 0.253. The largest absolute Gasteiger partial charge is 0.467 e. The van der Waals surface area contributed by atoms with E-state index in [4.69, 9.17) is 14.9 Å². The molecule has 1 saturated heterocycles. The number of pyridine rings is 1. The molecule has 1 aliphatic carbocycles. The van der Waals surface area contributed by atoms with Crippen molar-refractivity contribution >= 4 is 22.8 Å². The Balaban J connectivity index is 1.17. The van der Waals surface area contributed by atoms with E-state index in [9.17, 15) is 4.39 Å². The molecular formula is C29H27F3N6O2S. The van der Waals surface area contributed by atoms with Crippen LogP contribution >= 0.6 is 11.8 Å². The van der Waals surface area contributed by atoms with Crippen LogP contribution in [0.15, 0.2) is 58.6 Å². The third-order valence-corrected chi connectivity index (χ3v) is 9.92. The van der Waals surface area contributed by atoms with Gasteiger partial charge in [-0.2, -0.15) is 0 Å². The number of hydrogen-bond donors (Lipinski definition) is 2. The fraction of sp³-hybridized carbons (Fsp3) is 0.379. The van der Waals surface area contributed by atoms with Gasteiger partial charge in [0.1, 0.15) is 18.5 Å². The standard InChI is InChI=1S/C29H27F3N6O2S/c1-28(5-2-3-20(33)41-29(14-30)11-19(28)29)16-9-15(10-17(31)23(16)32)24-27(38-24)26-25-18(4-6-35-26)37-21(12-36-25)40-13-22-34-7-8-39-22/h3-4,6-10,12,19,24,27,38H,2,5,11,13-14,33H2,1H3/b20-3-/t19?,24?,27?,28-,29+/m1/s1.